The van der Waals surface area contributed by atoms with Crippen molar-refractivity contribution in [2.24, 2.45) is 5.73 Å². The normalized spacial score (nSPS) is 13.2. The lowest BCUT2D eigenvalue weighted by atomic mass is 9.83. The van der Waals surface area contributed by atoms with E-state index in [1.54, 1.807) is 61.7 Å². The van der Waals surface area contributed by atoms with Gasteiger partial charge in [-0.3, -0.25) is 4.79 Å². The zero-order valence-corrected chi connectivity index (χ0v) is 34.8. The number of hydrogen-bond acceptors (Lipinski definition) is 15. The maximum Gasteiger partial charge on any atom is 0.231 e. The number of allylic oxidation sites excluding steroid dienone is 1. The lowest BCUT2D eigenvalue weighted by Crippen LogP contribution is -2.21. The van der Waals surface area contributed by atoms with E-state index in [4.69, 9.17) is 64.0 Å². The van der Waals surface area contributed by atoms with Gasteiger partial charge in [-0.1, -0.05) is 25.3 Å². The predicted molar refractivity (Wildman–Crippen MR) is 220 cm³/mol. The van der Waals surface area contributed by atoms with Gasteiger partial charge >= 0.3 is 0 Å². The van der Waals surface area contributed by atoms with E-state index in [9.17, 15) is 10.1 Å². The summed E-state index contributed by atoms with van der Waals surface area (Å²) in [6.07, 6.45) is 4.04. The molecule has 4 aromatic carbocycles. The average molecular weight is 933 g/mol. The second kappa shape index (κ2) is 22.1. The van der Waals surface area contributed by atoms with Crippen LogP contribution < -0.4 is 48.4 Å². The first-order chi connectivity index (χ1) is 28.6. The van der Waals surface area contributed by atoms with Crippen LogP contribution >= 0.6 is 31.9 Å². The fourth-order valence-electron chi connectivity index (χ4n) is 5.39. The van der Waals surface area contributed by atoms with Gasteiger partial charge in [0.15, 0.2) is 46.0 Å². The number of methoxy groups -OCH3 is 2. The highest BCUT2D eigenvalue weighted by molar-refractivity contribution is 9.11. The molecule has 0 saturated carbocycles. The fourth-order valence-corrected chi connectivity index (χ4v) is 6.54. The number of nitriles is 3. The van der Waals surface area contributed by atoms with Crippen molar-refractivity contribution in [1.29, 1.82) is 15.8 Å². The fraction of sp³-hybridized carbons (Fsp3) is 0.190. The van der Waals surface area contributed by atoms with Crippen LogP contribution in [-0.4, -0.2) is 52.4 Å². The van der Waals surface area contributed by atoms with Crippen LogP contribution in [0.3, 0.4) is 0 Å². The molecule has 0 fully saturated rings. The summed E-state index contributed by atoms with van der Waals surface area (Å²) in [5, 5.41) is 33.9. The summed E-state index contributed by atoms with van der Waals surface area (Å²) in [4.78, 5) is 10.6. The second-order valence-corrected chi connectivity index (χ2v) is 13.3. The molecule has 3 aliphatic rings. The first-order valence-electron chi connectivity index (χ1n) is 17.1. The van der Waals surface area contributed by atoms with E-state index < -0.39 is 5.92 Å². The Morgan fingerprint density at radius 2 is 1.36 bits per heavy atom. The van der Waals surface area contributed by atoms with Crippen molar-refractivity contribution in [2.75, 3.05) is 41.0 Å². The molecule has 3 N–H and O–H groups in total. The number of phenolic OH excluding ortho intramolecular Hbond substituents is 1. The highest BCUT2D eigenvalue weighted by Gasteiger charge is 2.34. The number of rotatable bonds is 10. The SMILES string of the molecule is C=CCOc1c(Br)cc(C2C(C#N)=C(N)Oc3cc4c(cc32)OCO4)cc1OC.C=CCOc1c(Br)cc(C=O)cc1OC.N#CCC#N.Oc1ccc2c(c1)OCO2. The molecular formula is C42H36Br2N4O11. The predicted octanol–water partition coefficient (Wildman–Crippen LogP) is 8.35. The number of aldehydes is 1. The van der Waals surface area contributed by atoms with Crippen molar-refractivity contribution in [3.05, 3.63) is 117 Å². The molecule has 0 bridgehead atoms. The molecule has 0 radical (unpaired) electrons. The maximum absolute atomic E-state index is 10.6. The summed E-state index contributed by atoms with van der Waals surface area (Å²) >= 11 is 6.85. The Bertz CT molecular complexity index is 2340. The average Bonchev–Trinajstić information content (AvgIpc) is 3.91. The third-order valence-corrected chi connectivity index (χ3v) is 9.07. The van der Waals surface area contributed by atoms with E-state index in [1.165, 1.54) is 13.2 Å². The molecule has 4 aromatic rings. The molecule has 59 heavy (non-hydrogen) atoms. The summed E-state index contributed by atoms with van der Waals surface area (Å²) < 4.78 is 49.7. The molecule has 3 heterocycles. The van der Waals surface area contributed by atoms with E-state index in [-0.39, 0.29) is 31.6 Å². The number of nitrogens with two attached hydrogens (primary N) is 1. The molecule has 1 atom stereocenters. The molecule has 0 amide bonds. The number of benzene rings is 4. The van der Waals surface area contributed by atoms with E-state index >= 15 is 0 Å². The minimum Gasteiger partial charge on any atom is -0.508 e. The van der Waals surface area contributed by atoms with Crippen LogP contribution in [0.5, 0.6) is 57.5 Å². The van der Waals surface area contributed by atoms with E-state index in [0.29, 0.717) is 85.0 Å². The van der Waals surface area contributed by atoms with Gasteiger partial charge in [0, 0.05) is 23.3 Å². The Hall–Kier alpha value is -7.00. The maximum atomic E-state index is 10.6. The van der Waals surface area contributed by atoms with Crippen LogP contribution in [-0.2, 0) is 0 Å². The summed E-state index contributed by atoms with van der Waals surface area (Å²) in [6, 6.07) is 20.8. The van der Waals surface area contributed by atoms with Gasteiger partial charge in [-0.2, -0.15) is 15.8 Å². The molecule has 0 spiro atoms. The van der Waals surface area contributed by atoms with Crippen LogP contribution in [0.4, 0.5) is 0 Å². The summed E-state index contributed by atoms with van der Waals surface area (Å²) in [5.41, 5.74) is 8.42. The second-order valence-electron chi connectivity index (χ2n) is 11.6. The number of ether oxygens (including phenoxy) is 9. The summed E-state index contributed by atoms with van der Waals surface area (Å²) in [6.45, 7) is 8.31. The van der Waals surface area contributed by atoms with Crippen LogP contribution in [0.2, 0.25) is 0 Å². The highest BCUT2D eigenvalue weighted by atomic mass is 79.9. The number of halogens is 2. The molecular weight excluding hydrogens is 896 g/mol. The number of aromatic hydroxyl groups is 1. The molecule has 3 aliphatic heterocycles. The minimum absolute atomic E-state index is 0. The smallest absolute Gasteiger partial charge is 0.231 e. The Kier molecular flexibility index (Phi) is 16.7. The minimum atomic E-state index is -0.475. The van der Waals surface area contributed by atoms with Crippen LogP contribution in [0.1, 0.15) is 33.8 Å². The first-order valence-corrected chi connectivity index (χ1v) is 18.7. The molecule has 7 rings (SSSR count). The van der Waals surface area contributed by atoms with Crippen molar-refractivity contribution >= 4 is 38.1 Å². The molecule has 15 nitrogen and oxygen atoms in total. The number of carbonyl (C=O) groups is 1. The molecule has 304 valence electrons. The molecule has 0 aliphatic carbocycles. The van der Waals surface area contributed by atoms with E-state index in [1.807, 2.05) is 18.2 Å². The third-order valence-electron chi connectivity index (χ3n) is 7.89. The van der Waals surface area contributed by atoms with Gasteiger partial charge in [0.1, 0.15) is 49.1 Å². The van der Waals surface area contributed by atoms with Crippen molar-refractivity contribution in [3.8, 4) is 75.7 Å². The van der Waals surface area contributed by atoms with Crippen LogP contribution in [0, 0.1) is 34.0 Å². The van der Waals surface area contributed by atoms with Gasteiger partial charge in [-0.15, -0.1) is 0 Å². The third kappa shape index (κ3) is 11.3. The van der Waals surface area contributed by atoms with Gasteiger partial charge in [0.05, 0.1) is 41.2 Å². The molecule has 17 heteroatoms. The van der Waals surface area contributed by atoms with Gasteiger partial charge in [-0.25, -0.2) is 0 Å². The Morgan fingerprint density at radius 1 is 0.797 bits per heavy atom. The Labute approximate surface area is 356 Å². The quantitative estimate of drug-likeness (QED) is 0.113. The van der Waals surface area contributed by atoms with Crippen molar-refractivity contribution in [1.82, 2.24) is 0 Å². The zero-order valence-electron chi connectivity index (χ0n) is 31.7. The van der Waals surface area contributed by atoms with Gasteiger partial charge < -0.3 is 53.5 Å². The van der Waals surface area contributed by atoms with Gasteiger partial charge in [0.2, 0.25) is 19.5 Å². The monoisotopic (exact) mass is 930 g/mol. The summed E-state index contributed by atoms with van der Waals surface area (Å²) in [5.74, 6) is 4.90. The molecule has 0 saturated heterocycles. The summed E-state index contributed by atoms with van der Waals surface area (Å²) in [7, 11) is 3.08. The van der Waals surface area contributed by atoms with Gasteiger partial charge in [-0.05, 0) is 79.9 Å². The first kappa shape index (κ1) is 44.7. The lowest BCUT2D eigenvalue weighted by Gasteiger charge is -2.27. The van der Waals surface area contributed by atoms with E-state index in [2.05, 4.69) is 51.1 Å². The van der Waals surface area contributed by atoms with Gasteiger partial charge in [0.25, 0.3) is 0 Å². The standard InChI is InChI=1S/C21H17BrN2O5.C11H11BrO3.C7H6O3.C3H2N2/c1-3-4-26-20-14(22)5-11(6-18(20)25-2)19-12-7-16-17(28-10-27-16)8-15(12)29-21(24)13(19)9-23;1-3-4-15-11-9(12)5-8(7-13)6-10(11)14-2;8-5-1-2-6-7(3-5)10-4-9-6;4-2-1-3-5/h3,5-8,19H,1,4,10,24H2,2H3;3,5-7H,1,4H2,2H3;1-3,8H,4H2;1H2. The Morgan fingerprint density at radius 3 is 1.90 bits per heavy atom. The largest absolute Gasteiger partial charge is 0.508 e. The van der Waals surface area contributed by atoms with Crippen molar-refractivity contribution in [2.45, 2.75) is 12.3 Å². The number of fused-ring (bicyclic) bond motifs is 3. The number of phenols is 1. The highest BCUT2D eigenvalue weighted by Crippen LogP contribution is 2.50. The van der Waals surface area contributed by atoms with Crippen molar-refractivity contribution in [3.63, 3.8) is 0 Å². The molecule has 1 unspecified atom stereocenters. The van der Waals surface area contributed by atoms with Crippen LogP contribution in [0.25, 0.3) is 0 Å². The Balaban J connectivity index is 0.000000212. The van der Waals surface area contributed by atoms with Crippen molar-refractivity contribution < 1.29 is 52.5 Å². The van der Waals surface area contributed by atoms with E-state index in [0.717, 1.165) is 17.4 Å². The zero-order chi connectivity index (χ0) is 42.9. The topological polar surface area (TPSA) is 218 Å². The number of hydrogen-bond donors (Lipinski definition) is 2. The number of carbonyl (C=O) groups excluding carboxylic acids is 1. The number of nitrogens with zero attached hydrogens (tertiary/aromatic N) is 3. The van der Waals surface area contributed by atoms with Crippen LogP contribution in [0.15, 0.2) is 100 Å². The molecule has 0 aromatic heterocycles. The lowest BCUT2D eigenvalue weighted by molar-refractivity contribution is 0.112.